The Hall–Kier alpha value is -1.76. The molecule has 5 nitrogen and oxygen atoms in total. The van der Waals surface area contributed by atoms with Gasteiger partial charge < -0.3 is 5.32 Å². The van der Waals surface area contributed by atoms with Crippen molar-refractivity contribution in [2.45, 2.75) is 45.6 Å². The highest BCUT2D eigenvalue weighted by Gasteiger charge is 2.18. The topological polar surface area (TPSA) is 57.3 Å². The van der Waals surface area contributed by atoms with Crippen molar-refractivity contribution in [3.05, 3.63) is 46.5 Å². The molecule has 1 aliphatic heterocycles. The first-order chi connectivity index (χ1) is 13.2. The molecule has 27 heavy (non-hydrogen) atoms. The standard InChI is InChI=1S/C21H30N4OS/c1-3-13-25(4-2)15-16-5-7-18(8-6-16)20(26)24-21-23-14-19(27-21)17-9-11-22-12-10-17/h5-8,14,17,22H,3-4,9-13,15H2,1-2H3,(H,23,24,26). The van der Waals surface area contributed by atoms with Crippen molar-refractivity contribution in [1.82, 2.24) is 15.2 Å². The quantitative estimate of drug-likeness (QED) is 0.717. The summed E-state index contributed by atoms with van der Waals surface area (Å²) in [4.78, 5) is 20.6. The van der Waals surface area contributed by atoms with E-state index < -0.39 is 0 Å². The number of amides is 1. The molecule has 0 aliphatic carbocycles. The van der Waals surface area contributed by atoms with E-state index in [-0.39, 0.29) is 5.91 Å². The highest BCUT2D eigenvalue weighted by atomic mass is 32.1. The molecule has 1 saturated heterocycles. The summed E-state index contributed by atoms with van der Waals surface area (Å²) in [5.41, 5.74) is 1.92. The molecule has 0 atom stereocenters. The molecule has 2 aromatic rings. The molecule has 1 fully saturated rings. The van der Waals surface area contributed by atoms with Gasteiger partial charge in [-0.3, -0.25) is 15.0 Å². The first-order valence-corrected chi connectivity index (χ1v) is 10.8. The molecule has 1 aliphatic rings. The normalized spacial score (nSPS) is 15.2. The second-order valence-corrected chi connectivity index (χ2v) is 8.17. The molecular weight excluding hydrogens is 356 g/mol. The monoisotopic (exact) mass is 386 g/mol. The summed E-state index contributed by atoms with van der Waals surface area (Å²) < 4.78 is 0. The van der Waals surface area contributed by atoms with Gasteiger partial charge >= 0.3 is 0 Å². The van der Waals surface area contributed by atoms with Crippen molar-refractivity contribution in [1.29, 1.82) is 0 Å². The number of rotatable bonds is 8. The number of carbonyl (C=O) groups is 1. The summed E-state index contributed by atoms with van der Waals surface area (Å²) in [6.07, 6.45) is 5.36. The fourth-order valence-electron chi connectivity index (χ4n) is 3.49. The summed E-state index contributed by atoms with van der Waals surface area (Å²) in [5.74, 6) is 0.479. The van der Waals surface area contributed by atoms with Crippen LogP contribution in [0.15, 0.2) is 30.5 Å². The molecule has 2 heterocycles. The van der Waals surface area contributed by atoms with E-state index in [1.54, 1.807) is 11.3 Å². The van der Waals surface area contributed by atoms with Crippen molar-refractivity contribution in [2.75, 3.05) is 31.5 Å². The number of nitrogens with zero attached hydrogens (tertiary/aromatic N) is 2. The van der Waals surface area contributed by atoms with E-state index in [1.807, 2.05) is 18.3 Å². The van der Waals surface area contributed by atoms with E-state index >= 15 is 0 Å². The van der Waals surface area contributed by atoms with Crippen molar-refractivity contribution >= 4 is 22.4 Å². The largest absolute Gasteiger partial charge is 0.317 e. The minimum atomic E-state index is -0.0892. The van der Waals surface area contributed by atoms with Gasteiger partial charge in [0.15, 0.2) is 5.13 Å². The molecule has 6 heteroatoms. The summed E-state index contributed by atoms with van der Waals surface area (Å²) >= 11 is 1.60. The molecule has 1 amide bonds. The fraction of sp³-hybridized carbons (Fsp3) is 0.524. The predicted octanol–water partition coefficient (Wildman–Crippen LogP) is 4.09. The Morgan fingerprint density at radius 1 is 1.26 bits per heavy atom. The van der Waals surface area contributed by atoms with Gasteiger partial charge in [0.05, 0.1) is 0 Å². The molecule has 1 aromatic heterocycles. The van der Waals surface area contributed by atoms with Crippen molar-refractivity contribution in [3.63, 3.8) is 0 Å². The third-order valence-corrected chi connectivity index (χ3v) is 6.17. The van der Waals surface area contributed by atoms with Gasteiger partial charge in [-0.1, -0.05) is 26.0 Å². The molecule has 0 saturated carbocycles. The van der Waals surface area contributed by atoms with Gasteiger partial charge in [-0.15, -0.1) is 11.3 Å². The Morgan fingerprint density at radius 2 is 2.00 bits per heavy atom. The number of nitrogens with one attached hydrogen (secondary N) is 2. The van der Waals surface area contributed by atoms with Gasteiger partial charge in [0.25, 0.3) is 5.91 Å². The van der Waals surface area contributed by atoms with Crippen LogP contribution in [-0.4, -0.2) is 42.0 Å². The van der Waals surface area contributed by atoms with Gasteiger partial charge in [0.1, 0.15) is 0 Å². The van der Waals surface area contributed by atoms with Gasteiger partial charge in [0.2, 0.25) is 0 Å². The predicted molar refractivity (Wildman–Crippen MR) is 113 cm³/mol. The van der Waals surface area contributed by atoms with E-state index in [0.717, 1.165) is 52.0 Å². The van der Waals surface area contributed by atoms with Gasteiger partial charge in [-0.25, -0.2) is 4.98 Å². The minimum absolute atomic E-state index is 0.0892. The zero-order valence-electron chi connectivity index (χ0n) is 16.3. The van der Waals surface area contributed by atoms with E-state index in [2.05, 4.69) is 46.5 Å². The van der Waals surface area contributed by atoms with E-state index in [0.29, 0.717) is 16.6 Å². The summed E-state index contributed by atoms with van der Waals surface area (Å²) in [5, 5.41) is 7.03. The van der Waals surface area contributed by atoms with Crippen LogP contribution in [0.5, 0.6) is 0 Å². The number of carbonyl (C=O) groups excluding carboxylic acids is 1. The van der Waals surface area contributed by atoms with Crippen molar-refractivity contribution in [3.8, 4) is 0 Å². The second-order valence-electron chi connectivity index (χ2n) is 7.11. The SMILES string of the molecule is CCCN(CC)Cc1ccc(C(=O)Nc2ncc(C3CCNCC3)s2)cc1. The summed E-state index contributed by atoms with van der Waals surface area (Å²) in [6.45, 7) is 9.57. The summed E-state index contributed by atoms with van der Waals surface area (Å²) in [7, 11) is 0. The fourth-order valence-corrected chi connectivity index (χ4v) is 4.47. The van der Waals surface area contributed by atoms with E-state index in [1.165, 1.54) is 10.4 Å². The zero-order chi connectivity index (χ0) is 19.1. The highest BCUT2D eigenvalue weighted by Crippen LogP contribution is 2.31. The lowest BCUT2D eigenvalue weighted by Crippen LogP contribution is -2.26. The van der Waals surface area contributed by atoms with Crippen LogP contribution in [0.1, 0.15) is 59.8 Å². The Kier molecular flexibility index (Phi) is 7.38. The lowest BCUT2D eigenvalue weighted by atomic mass is 9.97. The van der Waals surface area contributed by atoms with Crippen molar-refractivity contribution < 1.29 is 4.79 Å². The third kappa shape index (κ3) is 5.61. The lowest BCUT2D eigenvalue weighted by Gasteiger charge is -2.20. The number of thiazole rings is 1. The molecule has 0 bridgehead atoms. The van der Waals surface area contributed by atoms with Crippen LogP contribution >= 0.6 is 11.3 Å². The van der Waals surface area contributed by atoms with E-state index in [4.69, 9.17) is 0 Å². The Morgan fingerprint density at radius 3 is 2.67 bits per heavy atom. The number of benzene rings is 1. The maximum absolute atomic E-state index is 12.5. The van der Waals surface area contributed by atoms with Crippen LogP contribution in [0.4, 0.5) is 5.13 Å². The van der Waals surface area contributed by atoms with Crippen molar-refractivity contribution in [2.24, 2.45) is 0 Å². The number of hydrogen-bond donors (Lipinski definition) is 2. The molecule has 146 valence electrons. The van der Waals surface area contributed by atoms with E-state index in [9.17, 15) is 4.79 Å². The van der Waals surface area contributed by atoms with Gasteiger partial charge in [-0.2, -0.15) is 0 Å². The second kappa shape index (κ2) is 9.97. The lowest BCUT2D eigenvalue weighted by molar-refractivity contribution is 0.102. The number of anilines is 1. The third-order valence-electron chi connectivity index (χ3n) is 5.09. The maximum Gasteiger partial charge on any atom is 0.257 e. The first kappa shape index (κ1) is 20.0. The average Bonchev–Trinajstić information content (AvgIpc) is 3.17. The first-order valence-electron chi connectivity index (χ1n) is 9.98. The van der Waals surface area contributed by atoms with Gasteiger partial charge in [0, 0.05) is 23.2 Å². The number of aromatic nitrogens is 1. The van der Waals surface area contributed by atoms with Crippen LogP contribution in [0.3, 0.4) is 0 Å². The Bertz CT molecular complexity index is 722. The number of hydrogen-bond acceptors (Lipinski definition) is 5. The average molecular weight is 387 g/mol. The molecule has 0 unspecified atom stereocenters. The van der Waals surface area contributed by atoms with Crippen LogP contribution < -0.4 is 10.6 Å². The van der Waals surface area contributed by atoms with Crippen LogP contribution in [-0.2, 0) is 6.54 Å². The van der Waals surface area contributed by atoms with Crippen LogP contribution in [0.25, 0.3) is 0 Å². The summed E-state index contributed by atoms with van der Waals surface area (Å²) in [6, 6.07) is 7.92. The Labute approximate surface area is 166 Å². The zero-order valence-corrected chi connectivity index (χ0v) is 17.1. The molecule has 0 spiro atoms. The number of piperidine rings is 1. The molecule has 2 N–H and O–H groups in total. The molecule has 0 radical (unpaired) electrons. The van der Waals surface area contributed by atoms with Crippen LogP contribution in [0.2, 0.25) is 0 Å². The molecule has 3 rings (SSSR count). The Balaban J connectivity index is 1.57. The molecular formula is C21H30N4OS. The smallest absolute Gasteiger partial charge is 0.257 e. The highest BCUT2D eigenvalue weighted by molar-refractivity contribution is 7.15. The van der Waals surface area contributed by atoms with Crippen LogP contribution in [0, 0.1) is 0 Å². The molecule has 1 aromatic carbocycles. The van der Waals surface area contributed by atoms with Gasteiger partial charge in [-0.05, 0) is 69.1 Å². The maximum atomic E-state index is 12.5. The minimum Gasteiger partial charge on any atom is -0.317 e.